The largest absolute Gasteiger partial charge is 0.493 e. The second-order valence-corrected chi connectivity index (χ2v) is 8.45. The highest BCUT2D eigenvalue weighted by molar-refractivity contribution is 5.63. The Bertz CT molecular complexity index is 969. The second-order valence-electron chi connectivity index (χ2n) is 8.45. The number of hydrogen-bond donors (Lipinski definition) is 0. The van der Waals surface area contributed by atoms with E-state index in [1.807, 2.05) is 6.07 Å². The molecule has 3 aromatic carbocycles. The van der Waals surface area contributed by atoms with Gasteiger partial charge >= 0.3 is 6.18 Å². The molecule has 0 radical (unpaired) electrons. The minimum Gasteiger partial charge on any atom is -0.493 e. The lowest BCUT2D eigenvalue weighted by Gasteiger charge is -2.32. The highest BCUT2D eigenvalue weighted by atomic mass is 19.4. The summed E-state index contributed by atoms with van der Waals surface area (Å²) < 4.78 is 43.8. The average Bonchev–Trinajstić information content (AvgIpc) is 2.82. The first kappa shape index (κ1) is 22.4. The molecule has 0 N–H and O–H groups in total. The summed E-state index contributed by atoms with van der Waals surface area (Å²) in [5.74, 6) is 0.889. The number of rotatable bonds is 7. The number of hydrogen-bond acceptors (Lipinski definition) is 2. The second kappa shape index (κ2) is 10.2. The smallest absolute Gasteiger partial charge is 0.416 e. The van der Waals surface area contributed by atoms with E-state index in [0.717, 1.165) is 51.0 Å². The molecule has 1 atom stereocenters. The van der Waals surface area contributed by atoms with E-state index in [-0.39, 0.29) is 0 Å². The first-order valence-electron chi connectivity index (χ1n) is 11.1. The summed E-state index contributed by atoms with van der Waals surface area (Å²) in [5.41, 5.74) is 3.14. The van der Waals surface area contributed by atoms with Crippen LogP contribution in [0.5, 0.6) is 5.75 Å². The van der Waals surface area contributed by atoms with Crippen molar-refractivity contribution in [3.63, 3.8) is 0 Å². The van der Waals surface area contributed by atoms with Gasteiger partial charge < -0.3 is 9.64 Å². The van der Waals surface area contributed by atoms with Crippen LogP contribution in [-0.2, 0) is 12.6 Å². The van der Waals surface area contributed by atoms with Crippen molar-refractivity contribution in [3.8, 4) is 16.9 Å². The third kappa shape index (κ3) is 6.13. The predicted molar refractivity (Wildman–Crippen MR) is 122 cm³/mol. The fraction of sp³-hybridized carbons (Fsp3) is 0.333. The van der Waals surface area contributed by atoms with Gasteiger partial charge in [-0.15, -0.1) is 0 Å². The maximum absolute atomic E-state index is 12.7. The zero-order chi connectivity index (χ0) is 22.4. The Morgan fingerprint density at radius 2 is 1.53 bits per heavy atom. The molecule has 0 bridgehead atoms. The van der Waals surface area contributed by atoms with E-state index in [4.69, 9.17) is 4.74 Å². The fourth-order valence-electron chi connectivity index (χ4n) is 4.23. The molecule has 5 heteroatoms. The van der Waals surface area contributed by atoms with Gasteiger partial charge in [0.1, 0.15) is 5.75 Å². The fourth-order valence-corrected chi connectivity index (χ4v) is 4.23. The summed E-state index contributed by atoms with van der Waals surface area (Å²) in [5, 5.41) is 0. The molecule has 32 heavy (non-hydrogen) atoms. The number of ether oxygens (including phenoxy) is 1. The maximum atomic E-state index is 12.7. The topological polar surface area (TPSA) is 12.5 Å². The highest BCUT2D eigenvalue weighted by Crippen LogP contribution is 2.30. The molecular formula is C27H28F3NO. The summed E-state index contributed by atoms with van der Waals surface area (Å²) >= 11 is 0. The minimum absolute atomic E-state index is 0.395. The van der Waals surface area contributed by atoms with Crippen molar-refractivity contribution in [2.24, 2.45) is 5.92 Å². The van der Waals surface area contributed by atoms with Crippen molar-refractivity contribution in [3.05, 3.63) is 90.0 Å². The first-order valence-corrected chi connectivity index (χ1v) is 11.1. The molecule has 1 fully saturated rings. The van der Waals surface area contributed by atoms with E-state index in [1.54, 1.807) is 0 Å². The Hall–Kier alpha value is -2.79. The molecule has 0 saturated carbocycles. The van der Waals surface area contributed by atoms with Crippen LogP contribution in [0.4, 0.5) is 13.2 Å². The summed E-state index contributed by atoms with van der Waals surface area (Å²) in [6.07, 6.45) is -1.11. The van der Waals surface area contributed by atoms with E-state index in [9.17, 15) is 13.2 Å². The molecule has 2 nitrogen and oxygen atoms in total. The van der Waals surface area contributed by atoms with Crippen LogP contribution >= 0.6 is 0 Å². The van der Waals surface area contributed by atoms with Gasteiger partial charge in [0.2, 0.25) is 0 Å². The van der Waals surface area contributed by atoms with Crippen molar-refractivity contribution in [2.75, 3.05) is 26.2 Å². The SMILES string of the molecule is FC(F)(F)c1ccc(OCC2CCCN(CCc3ccc(-c4ccccc4)cc3)C2)cc1. The molecule has 4 rings (SSSR count). The lowest BCUT2D eigenvalue weighted by atomic mass is 9.98. The minimum atomic E-state index is -4.32. The van der Waals surface area contributed by atoms with E-state index < -0.39 is 11.7 Å². The highest BCUT2D eigenvalue weighted by Gasteiger charge is 2.30. The van der Waals surface area contributed by atoms with Crippen molar-refractivity contribution >= 4 is 0 Å². The van der Waals surface area contributed by atoms with E-state index >= 15 is 0 Å². The molecule has 1 aliphatic rings. The Balaban J connectivity index is 1.23. The molecule has 1 aliphatic heterocycles. The van der Waals surface area contributed by atoms with Gasteiger partial charge in [0.15, 0.2) is 0 Å². The van der Waals surface area contributed by atoms with Gasteiger partial charge in [-0.3, -0.25) is 0 Å². The molecule has 3 aromatic rings. The Morgan fingerprint density at radius 3 is 2.22 bits per heavy atom. The normalized spacial score (nSPS) is 17.3. The van der Waals surface area contributed by atoms with Crippen molar-refractivity contribution in [1.82, 2.24) is 4.90 Å². The van der Waals surface area contributed by atoms with E-state index in [1.165, 1.54) is 28.8 Å². The van der Waals surface area contributed by atoms with E-state index in [2.05, 4.69) is 53.4 Å². The molecule has 0 amide bonds. The summed E-state index contributed by atoms with van der Waals surface area (Å²) in [6.45, 7) is 3.58. The third-order valence-electron chi connectivity index (χ3n) is 6.05. The summed E-state index contributed by atoms with van der Waals surface area (Å²) in [7, 11) is 0. The van der Waals surface area contributed by atoms with E-state index in [0.29, 0.717) is 18.3 Å². The average molecular weight is 440 g/mol. The number of likely N-dealkylation sites (tertiary alicyclic amines) is 1. The molecule has 1 heterocycles. The monoisotopic (exact) mass is 439 g/mol. The third-order valence-corrected chi connectivity index (χ3v) is 6.05. The summed E-state index contributed by atoms with van der Waals surface area (Å²) in [6, 6.07) is 24.1. The molecule has 0 aromatic heterocycles. The van der Waals surface area contributed by atoms with Gasteiger partial charge in [-0.05, 0) is 66.8 Å². The number of nitrogens with zero attached hydrogens (tertiary/aromatic N) is 1. The zero-order valence-corrected chi connectivity index (χ0v) is 18.0. The number of piperidine rings is 1. The quantitative estimate of drug-likeness (QED) is 0.406. The number of halogens is 3. The van der Waals surface area contributed by atoms with Crippen molar-refractivity contribution in [2.45, 2.75) is 25.4 Å². The number of alkyl halides is 3. The van der Waals surface area contributed by atoms with Crippen LogP contribution in [0.15, 0.2) is 78.9 Å². The molecule has 1 saturated heterocycles. The van der Waals surface area contributed by atoms with Gasteiger partial charge in [-0.1, -0.05) is 54.6 Å². The standard InChI is InChI=1S/C27H28F3NO/c28-27(29,30)25-12-14-26(15-13-25)32-20-22-5-4-17-31(19-22)18-16-21-8-10-24(11-9-21)23-6-2-1-3-7-23/h1-3,6-15,22H,4-5,16-20H2. The van der Waals surface area contributed by atoms with Crippen molar-refractivity contribution in [1.29, 1.82) is 0 Å². The van der Waals surface area contributed by atoms with Crippen LogP contribution in [0.1, 0.15) is 24.0 Å². The van der Waals surface area contributed by atoms with Gasteiger partial charge in [-0.25, -0.2) is 0 Å². The Kier molecular flexibility index (Phi) is 7.15. The predicted octanol–water partition coefficient (Wildman–Crippen LogP) is 6.71. The van der Waals surface area contributed by atoms with Gasteiger partial charge in [0.25, 0.3) is 0 Å². The molecular weight excluding hydrogens is 411 g/mol. The molecule has 0 spiro atoms. The lowest BCUT2D eigenvalue weighted by Crippen LogP contribution is -2.38. The van der Waals surface area contributed by atoms with Crippen LogP contribution in [0.3, 0.4) is 0 Å². The van der Waals surface area contributed by atoms with Crippen LogP contribution in [0.2, 0.25) is 0 Å². The van der Waals surface area contributed by atoms with Crippen molar-refractivity contribution < 1.29 is 17.9 Å². The van der Waals surface area contributed by atoms with Gasteiger partial charge in [0.05, 0.1) is 12.2 Å². The van der Waals surface area contributed by atoms with Gasteiger partial charge in [0, 0.05) is 19.0 Å². The first-order chi connectivity index (χ1) is 15.5. The zero-order valence-electron chi connectivity index (χ0n) is 18.0. The summed E-state index contributed by atoms with van der Waals surface area (Å²) in [4.78, 5) is 2.47. The van der Waals surface area contributed by atoms with Crippen LogP contribution in [0.25, 0.3) is 11.1 Å². The Morgan fingerprint density at radius 1 is 0.844 bits per heavy atom. The van der Waals surface area contributed by atoms with Crippen LogP contribution in [-0.4, -0.2) is 31.1 Å². The van der Waals surface area contributed by atoms with Crippen LogP contribution in [0, 0.1) is 5.92 Å². The number of benzene rings is 3. The molecule has 168 valence electrons. The van der Waals surface area contributed by atoms with Crippen LogP contribution < -0.4 is 4.74 Å². The molecule has 0 aliphatic carbocycles. The van der Waals surface area contributed by atoms with Gasteiger partial charge in [-0.2, -0.15) is 13.2 Å². The molecule has 1 unspecified atom stereocenters. The Labute approximate surface area is 187 Å². The lowest BCUT2D eigenvalue weighted by molar-refractivity contribution is -0.137. The maximum Gasteiger partial charge on any atom is 0.416 e.